The number of carbonyl (C=O) groups is 2. The van der Waals surface area contributed by atoms with Crippen LogP contribution in [0.1, 0.15) is 32.4 Å². The number of carbonyl (C=O) groups excluding carboxylic acids is 2. The van der Waals surface area contributed by atoms with Gasteiger partial charge in [0, 0.05) is 67.3 Å². The van der Waals surface area contributed by atoms with Gasteiger partial charge in [0.25, 0.3) is 15.9 Å². The zero-order valence-electron chi connectivity index (χ0n) is 22.2. The SMILES string of the molecule is C#Cc1ccc2cc(S(=O)(=O)N3CCN(C(=O)c4nc5c(s4)CNC(N)C5)C(CC(=O)N4CCOCC4)C3)sc2c1. The van der Waals surface area contributed by atoms with Gasteiger partial charge in [-0.1, -0.05) is 12.0 Å². The Bertz CT molecular complexity index is 1640. The Balaban J connectivity index is 1.27. The Morgan fingerprint density at radius 3 is 2.76 bits per heavy atom. The van der Waals surface area contributed by atoms with E-state index >= 15 is 0 Å². The van der Waals surface area contributed by atoms with Crippen LogP contribution in [0.3, 0.4) is 0 Å². The summed E-state index contributed by atoms with van der Waals surface area (Å²) in [6.45, 7) is 2.65. The number of piperazine rings is 1. The van der Waals surface area contributed by atoms with E-state index in [0.29, 0.717) is 49.8 Å². The summed E-state index contributed by atoms with van der Waals surface area (Å²) in [7, 11) is -3.88. The summed E-state index contributed by atoms with van der Waals surface area (Å²) in [4.78, 5) is 35.9. The Labute approximate surface area is 246 Å². The topological polar surface area (TPSA) is 138 Å². The average Bonchev–Trinajstić information content (AvgIpc) is 3.61. The van der Waals surface area contributed by atoms with Crippen molar-refractivity contribution < 1.29 is 22.7 Å². The molecule has 11 nitrogen and oxygen atoms in total. The number of rotatable bonds is 5. The van der Waals surface area contributed by atoms with Gasteiger partial charge in [0.05, 0.1) is 31.1 Å². The zero-order chi connectivity index (χ0) is 28.7. The molecular weight excluding hydrogens is 585 g/mol. The third-order valence-electron chi connectivity index (χ3n) is 7.64. The number of thiazole rings is 1. The van der Waals surface area contributed by atoms with Gasteiger partial charge in [-0.2, -0.15) is 4.31 Å². The third-order valence-corrected chi connectivity index (χ3v) is 12.1. The number of hydrogen-bond donors (Lipinski definition) is 2. The van der Waals surface area contributed by atoms with Crippen molar-refractivity contribution >= 4 is 54.6 Å². The minimum absolute atomic E-state index is 0.00548. The van der Waals surface area contributed by atoms with E-state index < -0.39 is 16.1 Å². The quantitative estimate of drug-likeness (QED) is 0.407. The molecule has 3 aliphatic heterocycles. The lowest BCUT2D eigenvalue weighted by Gasteiger charge is -2.41. The summed E-state index contributed by atoms with van der Waals surface area (Å²) in [5.74, 6) is 2.16. The standard InChI is InChI=1S/C27H30N6O5S3/c1-2-17-3-4-18-12-25(39-21(18)11-17)41(36,37)32-5-6-33(19(16-32)13-24(34)31-7-9-38-10-8-31)27(35)26-30-20-14-23(28)29-15-22(20)40-26/h1,3-4,11-12,19,23,29H,5-10,13-16,28H2. The molecule has 14 heteroatoms. The molecule has 3 aromatic rings. The van der Waals surface area contributed by atoms with Gasteiger partial charge >= 0.3 is 0 Å². The van der Waals surface area contributed by atoms with Gasteiger partial charge in [-0.15, -0.1) is 29.1 Å². The number of thiophene rings is 1. The molecule has 2 aromatic heterocycles. The number of amides is 2. The van der Waals surface area contributed by atoms with E-state index in [2.05, 4.69) is 16.2 Å². The van der Waals surface area contributed by atoms with Gasteiger partial charge in [-0.25, -0.2) is 13.4 Å². The van der Waals surface area contributed by atoms with E-state index in [9.17, 15) is 18.0 Å². The Kier molecular flexibility index (Phi) is 7.86. The second-order valence-electron chi connectivity index (χ2n) is 10.3. The molecule has 216 valence electrons. The molecule has 0 aliphatic carbocycles. The summed E-state index contributed by atoms with van der Waals surface area (Å²) >= 11 is 2.49. The number of aromatic nitrogens is 1. The Morgan fingerprint density at radius 1 is 1.17 bits per heavy atom. The maximum atomic E-state index is 13.8. The zero-order valence-corrected chi connectivity index (χ0v) is 24.7. The lowest BCUT2D eigenvalue weighted by molar-refractivity contribution is -0.136. The van der Waals surface area contributed by atoms with Crippen molar-refractivity contribution in [3.63, 3.8) is 0 Å². The van der Waals surface area contributed by atoms with Crippen LogP contribution in [-0.4, -0.2) is 97.5 Å². The summed E-state index contributed by atoms with van der Waals surface area (Å²) in [5.41, 5.74) is 7.49. The maximum Gasteiger partial charge on any atom is 0.283 e. The predicted molar refractivity (Wildman–Crippen MR) is 156 cm³/mol. The Morgan fingerprint density at radius 2 is 1.98 bits per heavy atom. The first kappa shape index (κ1) is 28.2. The molecule has 0 bridgehead atoms. The molecule has 2 atom stereocenters. The van der Waals surface area contributed by atoms with Gasteiger partial charge in [0.1, 0.15) is 4.21 Å². The van der Waals surface area contributed by atoms with Crippen LogP contribution in [0, 0.1) is 12.3 Å². The summed E-state index contributed by atoms with van der Waals surface area (Å²) in [6.07, 6.45) is 5.84. The second kappa shape index (κ2) is 11.4. The van der Waals surface area contributed by atoms with Crippen LogP contribution in [0.25, 0.3) is 10.1 Å². The van der Waals surface area contributed by atoms with Gasteiger partial charge in [0.2, 0.25) is 5.91 Å². The van der Waals surface area contributed by atoms with Crippen LogP contribution in [-0.2, 0) is 32.5 Å². The van der Waals surface area contributed by atoms with E-state index in [1.165, 1.54) is 27.0 Å². The van der Waals surface area contributed by atoms with E-state index in [1.807, 2.05) is 6.07 Å². The molecule has 2 amide bonds. The summed E-state index contributed by atoms with van der Waals surface area (Å²) < 4.78 is 35.4. The summed E-state index contributed by atoms with van der Waals surface area (Å²) in [5, 5.41) is 4.30. The number of terminal acetylenes is 1. The lowest BCUT2D eigenvalue weighted by atomic mass is 10.1. The molecule has 6 rings (SSSR count). The number of hydrogen-bond acceptors (Lipinski definition) is 10. The average molecular weight is 615 g/mol. The molecule has 0 saturated carbocycles. The molecule has 5 heterocycles. The highest BCUT2D eigenvalue weighted by Crippen LogP contribution is 2.33. The van der Waals surface area contributed by atoms with Gasteiger partial charge < -0.3 is 20.3 Å². The van der Waals surface area contributed by atoms with Crippen LogP contribution in [0.5, 0.6) is 0 Å². The van der Waals surface area contributed by atoms with Crippen molar-refractivity contribution in [3.05, 3.63) is 45.4 Å². The molecule has 2 unspecified atom stereocenters. The van der Waals surface area contributed by atoms with Crippen LogP contribution < -0.4 is 11.1 Å². The monoisotopic (exact) mass is 614 g/mol. The summed E-state index contributed by atoms with van der Waals surface area (Å²) in [6, 6.07) is 6.40. The highest BCUT2D eigenvalue weighted by atomic mass is 32.2. The number of nitrogens with two attached hydrogens (primary N) is 1. The fraction of sp³-hybridized carbons (Fsp3) is 0.444. The number of nitrogens with zero attached hydrogens (tertiary/aromatic N) is 4. The first-order valence-corrected chi connectivity index (χ1v) is 16.4. The smallest absolute Gasteiger partial charge is 0.283 e. The molecule has 41 heavy (non-hydrogen) atoms. The second-order valence-corrected chi connectivity index (χ2v) is 14.6. The predicted octanol–water partition coefficient (Wildman–Crippen LogP) is 1.03. The maximum absolute atomic E-state index is 13.8. The molecule has 0 spiro atoms. The largest absolute Gasteiger partial charge is 0.378 e. The van der Waals surface area contributed by atoms with Gasteiger partial charge in [-0.05, 0) is 23.6 Å². The minimum Gasteiger partial charge on any atom is -0.378 e. The number of ether oxygens (including phenoxy) is 1. The molecule has 2 fully saturated rings. The van der Waals surface area contributed by atoms with Gasteiger partial charge in [-0.3, -0.25) is 14.9 Å². The van der Waals surface area contributed by atoms with E-state index in [0.717, 1.165) is 20.7 Å². The molecule has 0 radical (unpaired) electrons. The van der Waals surface area contributed by atoms with Gasteiger partial charge in [0.15, 0.2) is 5.01 Å². The van der Waals surface area contributed by atoms with E-state index in [-0.39, 0.29) is 48.2 Å². The number of sulfonamides is 1. The van der Waals surface area contributed by atoms with Crippen molar-refractivity contribution in [2.24, 2.45) is 5.73 Å². The molecule has 3 aliphatic rings. The van der Waals surface area contributed by atoms with Crippen molar-refractivity contribution in [3.8, 4) is 12.3 Å². The van der Waals surface area contributed by atoms with Crippen LogP contribution in [0.2, 0.25) is 0 Å². The molecule has 1 aromatic carbocycles. The van der Waals surface area contributed by atoms with Crippen LogP contribution >= 0.6 is 22.7 Å². The number of fused-ring (bicyclic) bond motifs is 2. The van der Waals surface area contributed by atoms with Crippen molar-refractivity contribution in [2.45, 2.75) is 35.8 Å². The molecule has 3 N–H and O–H groups in total. The minimum atomic E-state index is -3.88. The highest BCUT2D eigenvalue weighted by Gasteiger charge is 2.40. The Hall–Kier alpha value is -2.90. The first-order chi connectivity index (χ1) is 19.7. The van der Waals surface area contributed by atoms with Crippen molar-refractivity contribution in [1.29, 1.82) is 0 Å². The van der Waals surface area contributed by atoms with E-state index in [4.69, 9.17) is 16.9 Å². The molecule has 2 saturated heterocycles. The number of morpholine rings is 1. The van der Waals surface area contributed by atoms with Crippen LogP contribution in [0.4, 0.5) is 0 Å². The number of nitrogens with one attached hydrogen (secondary N) is 1. The highest BCUT2D eigenvalue weighted by molar-refractivity contribution is 7.91. The van der Waals surface area contributed by atoms with Crippen molar-refractivity contribution in [1.82, 2.24) is 24.4 Å². The first-order valence-electron chi connectivity index (χ1n) is 13.4. The number of benzene rings is 1. The van der Waals surface area contributed by atoms with E-state index in [1.54, 1.807) is 28.0 Å². The third kappa shape index (κ3) is 5.63. The van der Waals surface area contributed by atoms with Crippen LogP contribution in [0.15, 0.2) is 28.5 Å². The lowest BCUT2D eigenvalue weighted by Crippen LogP contribution is -2.58. The van der Waals surface area contributed by atoms with Crippen molar-refractivity contribution in [2.75, 3.05) is 45.9 Å². The molecular formula is C27H30N6O5S3. The fourth-order valence-corrected chi connectivity index (χ4v) is 9.44. The normalized spacial score (nSPS) is 22.0. The fourth-order valence-electron chi connectivity index (χ4n) is 5.38.